The van der Waals surface area contributed by atoms with E-state index in [1.807, 2.05) is 25.3 Å². The van der Waals surface area contributed by atoms with Gasteiger partial charge >= 0.3 is 0 Å². The summed E-state index contributed by atoms with van der Waals surface area (Å²) in [5, 5.41) is 5.45. The third-order valence-electron chi connectivity index (χ3n) is 2.92. The topological polar surface area (TPSA) is 68.0 Å². The van der Waals surface area contributed by atoms with Gasteiger partial charge in [0.1, 0.15) is 10.7 Å². The third-order valence-corrected chi connectivity index (χ3v) is 4.54. The lowest BCUT2D eigenvalue weighted by molar-refractivity contribution is 0.0935. The summed E-state index contributed by atoms with van der Waals surface area (Å²) in [7, 11) is 0. The van der Waals surface area contributed by atoms with E-state index in [0.29, 0.717) is 12.2 Å². The van der Waals surface area contributed by atoms with Crippen LogP contribution in [0, 0.1) is 0 Å². The molecule has 0 radical (unpaired) electrons. The van der Waals surface area contributed by atoms with E-state index in [2.05, 4.69) is 22.4 Å². The van der Waals surface area contributed by atoms with Crippen LogP contribution < -0.4 is 11.1 Å². The first kappa shape index (κ1) is 15.0. The summed E-state index contributed by atoms with van der Waals surface area (Å²) >= 11 is 3.10. The number of carbonyl (C=O) groups is 1. The number of rotatable bonds is 5. The van der Waals surface area contributed by atoms with Crippen molar-refractivity contribution in [3.05, 3.63) is 45.9 Å². The fourth-order valence-corrected chi connectivity index (χ4v) is 2.82. The molecule has 0 aliphatic rings. The second-order valence-corrected chi connectivity index (χ2v) is 6.12. The molecule has 0 saturated heterocycles. The Bertz CT molecular complexity index is 580. The van der Waals surface area contributed by atoms with Gasteiger partial charge in [0, 0.05) is 16.8 Å². The van der Waals surface area contributed by atoms with Gasteiger partial charge in [-0.05, 0) is 30.9 Å². The van der Waals surface area contributed by atoms with Crippen molar-refractivity contribution in [2.24, 2.45) is 5.73 Å². The van der Waals surface area contributed by atoms with Crippen LogP contribution in [0.25, 0.3) is 0 Å². The molecule has 6 heteroatoms. The number of nitrogens with one attached hydrogen (secondary N) is 1. The number of aromatic nitrogens is 1. The van der Waals surface area contributed by atoms with E-state index in [1.54, 1.807) is 17.1 Å². The van der Waals surface area contributed by atoms with Gasteiger partial charge in [-0.3, -0.25) is 4.79 Å². The van der Waals surface area contributed by atoms with E-state index in [0.717, 1.165) is 10.6 Å². The minimum Gasteiger partial charge on any atom is -0.344 e. The van der Waals surface area contributed by atoms with Gasteiger partial charge in [-0.1, -0.05) is 12.1 Å². The minimum atomic E-state index is -0.164. The number of benzene rings is 1. The van der Waals surface area contributed by atoms with Gasteiger partial charge in [-0.15, -0.1) is 23.1 Å². The van der Waals surface area contributed by atoms with Crippen LogP contribution in [0.2, 0.25) is 0 Å². The zero-order valence-corrected chi connectivity index (χ0v) is 13.1. The monoisotopic (exact) mass is 307 g/mol. The van der Waals surface area contributed by atoms with E-state index in [1.165, 1.54) is 16.2 Å². The summed E-state index contributed by atoms with van der Waals surface area (Å²) in [6.45, 7) is 2.33. The zero-order valence-electron chi connectivity index (χ0n) is 11.4. The van der Waals surface area contributed by atoms with Gasteiger partial charge in [0.05, 0.1) is 6.04 Å². The van der Waals surface area contributed by atoms with Crippen LogP contribution in [0.15, 0.2) is 34.5 Å². The first-order valence-corrected chi connectivity index (χ1v) is 8.33. The average molecular weight is 307 g/mol. The molecular weight excluding hydrogens is 290 g/mol. The van der Waals surface area contributed by atoms with Crippen molar-refractivity contribution < 1.29 is 4.79 Å². The van der Waals surface area contributed by atoms with Crippen molar-refractivity contribution in [1.82, 2.24) is 10.3 Å². The van der Waals surface area contributed by atoms with E-state index in [9.17, 15) is 4.79 Å². The van der Waals surface area contributed by atoms with Crippen LogP contribution in [0.1, 0.15) is 34.0 Å². The first-order chi connectivity index (χ1) is 9.63. The summed E-state index contributed by atoms with van der Waals surface area (Å²) in [5.41, 5.74) is 7.00. The predicted molar refractivity (Wildman–Crippen MR) is 84.1 cm³/mol. The molecule has 0 fully saturated rings. The Morgan fingerprint density at radius 3 is 2.70 bits per heavy atom. The molecule has 2 rings (SSSR count). The molecule has 1 aromatic carbocycles. The highest BCUT2D eigenvalue weighted by Gasteiger charge is 2.14. The minimum absolute atomic E-state index is 0.0542. The summed E-state index contributed by atoms with van der Waals surface area (Å²) in [5.74, 6) is -0.164. The van der Waals surface area contributed by atoms with Crippen LogP contribution in [0.5, 0.6) is 0 Å². The maximum atomic E-state index is 12.1. The van der Waals surface area contributed by atoms with Gasteiger partial charge in [-0.2, -0.15) is 0 Å². The number of carbonyl (C=O) groups excluding carboxylic acids is 1. The number of thiazole rings is 1. The maximum Gasteiger partial charge on any atom is 0.271 e. The molecule has 1 heterocycles. The Labute approximate surface area is 126 Å². The summed E-state index contributed by atoms with van der Waals surface area (Å²) in [6.07, 6.45) is 2.04. The second-order valence-electron chi connectivity index (χ2n) is 4.30. The Balaban J connectivity index is 2.02. The fourth-order valence-electron chi connectivity index (χ4n) is 1.76. The highest BCUT2D eigenvalue weighted by atomic mass is 32.2. The number of nitrogens with zero attached hydrogens (tertiary/aromatic N) is 1. The maximum absolute atomic E-state index is 12.1. The molecule has 1 atom stereocenters. The van der Waals surface area contributed by atoms with Gasteiger partial charge in [0.25, 0.3) is 5.91 Å². The molecule has 20 heavy (non-hydrogen) atoms. The standard InChI is InChI=1S/C14H17N3OS2/c1-9(10-3-5-11(19-2)6-4-10)16-14(18)12-8-20-13(7-15)17-12/h3-6,8-9H,7,15H2,1-2H3,(H,16,18). The summed E-state index contributed by atoms with van der Waals surface area (Å²) in [4.78, 5) is 17.5. The molecule has 1 amide bonds. The Morgan fingerprint density at radius 2 is 2.15 bits per heavy atom. The summed E-state index contributed by atoms with van der Waals surface area (Å²) < 4.78 is 0. The molecule has 2 aromatic rings. The van der Waals surface area contributed by atoms with Crippen LogP contribution in [-0.2, 0) is 6.54 Å². The van der Waals surface area contributed by atoms with Crippen molar-refractivity contribution in [3.8, 4) is 0 Å². The lowest BCUT2D eigenvalue weighted by Gasteiger charge is -2.13. The molecular formula is C14H17N3OS2. The highest BCUT2D eigenvalue weighted by molar-refractivity contribution is 7.98. The predicted octanol–water partition coefficient (Wildman–Crippen LogP) is 2.81. The molecule has 0 spiro atoms. The summed E-state index contributed by atoms with van der Waals surface area (Å²) in [6, 6.07) is 8.11. The number of nitrogens with two attached hydrogens (primary N) is 1. The molecule has 0 aliphatic heterocycles. The van der Waals surface area contributed by atoms with Gasteiger partial charge in [0.15, 0.2) is 0 Å². The van der Waals surface area contributed by atoms with Crippen molar-refractivity contribution >= 4 is 29.0 Å². The molecule has 0 saturated carbocycles. The number of hydrogen-bond donors (Lipinski definition) is 2. The van der Waals surface area contributed by atoms with Crippen molar-refractivity contribution in [3.63, 3.8) is 0 Å². The van der Waals surface area contributed by atoms with Gasteiger partial charge in [0.2, 0.25) is 0 Å². The fraction of sp³-hybridized carbons (Fsp3) is 0.286. The second kappa shape index (κ2) is 6.88. The molecule has 106 valence electrons. The van der Waals surface area contributed by atoms with E-state index in [4.69, 9.17) is 5.73 Å². The SMILES string of the molecule is CSc1ccc(C(C)NC(=O)c2csc(CN)n2)cc1. The van der Waals surface area contributed by atoms with Gasteiger partial charge in [-0.25, -0.2) is 4.98 Å². The third kappa shape index (κ3) is 3.59. The smallest absolute Gasteiger partial charge is 0.271 e. The van der Waals surface area contributed by atoms with Crippen LogP contribution >= 0.6 is 23.1 Å². The van der Waals surface area contributed by atoms with E-state index >= 15 is 0 Å². The first-order valence-electron chi connectivity index (χ1n) is 6.23. The van der Waals surface area contributed by atoms with E-state index < -0.39 is 0 Å². The molecule has 0 aliphatic carbocycles. The van der Waals surface area contributed by atoms with E-state index in [-0.39, 0.29) is 11.9 Å². The lowest BCUT2D eigenvalue weighted by atomic mass is 10.1. The van der Waals surface area contributed by atoms with Crippen LogP contribution in [0.3, 0.4) is 0 Å². The number of amides is 1. The zero-order chi connectivity index (χ0) is 14.5. The molecule has 4 nitrogen and oxygen atoms in total. The molecule has 0 bridgehead atoms. The Hall–Kier alpha value is -1.37. The Kier molecular flexibility index (Phi) is 5.17. The molecule has 3 N–H and O–H groups in total. The normalized spacial score (nSPS) is 12.2. The van der Waals surface area contributed by atoms with Gasteiger partial charge < -0.3 is 11.1 Å². The molecule has 1 aromatic heterocycles. The highest BCUT2D eigenvalue weighted by Crippen LogP contribution is 2.19. The molecule has 1 unspecified atom stereocenters. The van der Waals surface area contributed by atoms with Crippen LogP contribution in [0.4, 0.5) is 0 Å². The number of thioether (sulfide) groups is 1. The largest absolute Gasteiger partial charge is 0.344 e. The quantitative estimate of drug-likeness (QED) is 0.834. The van der Waals surface area contributed by atoms with Crippen molar-refractivity contribution in [2.75, 3.05) is 6.26 Å². The Morgan fingerprint density at radius 1 is 1.45 bits per heavy atom. The number of hydrogen-bond acceptors (Lipinski definition) is 5. The lowest BCUT2D eigenvalue weighted by Crippen LogP contribution is -2.27. The van der Waals surface area contributed by atoms with Crippen molar-refractivity contribution in [2.45, 2.75) is 24.4 Å². The van der Waals surface area contributed by atoms with Crippen LogP contribution in [-0.4, -0.2) is 17.1 Å². The van der Waals surface area contributed by atoms with Crippen molar-refractivity contribution in [1.29, 1.82) is 0 Å². The average Bonchev–Trinajstić information content (AvgIpc) is 2.96.